The zero-order valence-electron chi connectivity index (χ0n) is 10.5. The van der Waals surface area contributed by atoms with Crippen LogP contribution in [0.1, 0.15) is 10.4 Å². The van der Waals surface area contributed by atoms with Gasteiger partial charge in [0.05, 0.1) is 18.4 Å². The molecule has 0 fully saturated rings. The van der Waals surface area contributed by atoms with Gasteiger partial charge in [-0.15, -0.1) is 11.3 Å². The summed E-state index contributed by atoms with van der Waals surface area (Å²) in [5, 5.41) is 9.84. The smallest absolute Gasteiger partial charge is 0.0729 e. The normalized spacial score (nSPS) is 10.5. The highest BCUT2D eigenvalue weighted by Gasteiger charge is 2.00. The minimum Gasteiger partial charge on any atom is -0.378 e. The second kappa shape index (κ2) is 5.71. The van der Waals surface area contributed by atoms with Crippen molar-refractivity contribution in [1.29, 1.82) is 0 Å². The second-order valence-corrected chi connectivity index (χ2v) is 5.38. The van der Waals surface area contributed by atoms with Crippen molar-refractivity contribution in [3.63, 3.8) is 0 Å². The molecule has 3 aromatic rings. The van der Waals surface area contributed by atoms with Gasteiger partial charge >= 0.3 is 0 Å². The number of thiophene rings is 1. The average molecular weight is 269 g/mol. The van der Waals surface area contributed by atoms with Crippen molar-refractivity contribution in [2.45, 2.75) is 13.1 Å². The zero-order valence-corrected chi connectivity index (χ0v) is 11.3. The van der Waals surface area contributed by atoms with Crippen LogP contribution in [-0.4, -0.2) is 9.78 Å². The molecular weight excluding hydrogens is 254 g/mol. The van der Waals surface area contributed by atoms with Crippen LogP contribution >= 0.6 is 11.3 Å². The minimum atomic E-state index is 0.807. The Morgan fingerprint density at radius 3 is 2.79 bits per heavy atom. The number of nitrogens with zero attached hydrogens (tertiary/aromatic N) is 2. The molecule has 3 rings (SSSR count). The summed E-state index contributed by atoms with van der Waals surface area (Å²) in [6.45, 7) is 1.66. The van der Waals surface area contributed by atoms with Crippen molar-refractivity contribution in [2.75, 3.05) is 5.32 Å². The summed E-state index contributed by atoms with van der Waals surface area (Å²) in [7, 11) is 0. The van der Waals surface area contributed by atoms with Crippen LogP contribution in [0.15, 0.2) is 60.2 Å². The van der Waals surface area contributed by atoms with Gasteiger partial charge in [-0.3, -0.25) is 4.68 Å². The molecule has 0 spiro atoms. The van der Waals surface area contributed by atoms with Gasteiger partial charge in [-0.25, -0.2) is 0 Å². The first kappa shape index (κ1) is 12.0. The Labute approximate surface area is 116 Å². The van der Waals surface area contributed by atoms with Crippen molar-refractivity contribution in [3.05, 3.63) is 70.7 Å². The molecule has 19 heavy (non-hydrogen) atoms. The number of nitrogens with one attached hydrogen (secondary N) is 1. The van der Waals surface area contributed by atoms with E-state index >= 15 is 0 Å². The van der Waals surface area contributed by atoms with Crippen LogP contribution in [0, 0.1) is 0 Å². The Hall–Kier alpha value is -2.07. The summed E-state index contributed by atoms with van der Waals surface area (Å²) in [6.07, 6.45) is 3.91. The molecule has 0 unspecified atom stereocenters. The molecule has 0 amide bonds. The number of anilines is 1. The molecule has 3 nitrogen and oxygen atoms in total. The maximum absolute atomic E-state index is 4.37. The Morgan fingerprint density at radius 1 is 1.11 bits per heavy atom. The number of aromatic nitrogens is 2. The molecule has 0 radical (unpaired) electrons. The van der Waals surface area contributed by atoms with Crippen molar-refractivity contribution in [3.8, 4) is 0 Å². The molecule has 0 aliphatic heterocycles. The van der Waals surface area contributed by atoms with E-state index in [0.29, 0.717) is 0 Å². The van der Waals surface area contributed by atoms with Crippen LogP contribution in [-0.2, 0) is 13.1 Å². The van der Waals surface area contributed by atoms with Gasteiger partial charge in [0.25, 0.3) is 0 Å². The third-order valence-corrected chi connectivity index (χ3v) is 3.74. The number of hydrogen-bond donors (Lipinski definition) is 1. The molecule has 0 atom stereocenters. The summed E-state index contributed by atoms with van der Waals surface area (Å²) in [4.78, 5) is 1.33. The van der Waals surface area contributed by atoms with Gasteiger partial charge in [0.15, 0.2) is 0 Å². The van der Waals surface area contributed by atoms with Gasteiger partial charge in [-0.05, 0) is 17.0 Å². The van der Waals surface area contributed by atoms with Gasteiger partial charge < -0.3 is 5.32 Å². The lowest BCUT2D eigenvalue weighted by Gasteiger charge is -2.02. The molecular formula is C15H15N3S. The highest BCUT2D eigenvalue weighted by atomic mass is 32.1. The van der Waals surface area contributed by atoms with Gasteiger partial charge in [-0.1, -0.05) is 36.4 Å². The number of rotatable bonds is 5. The van der Waals surface area contributed by atoms with E-state index in [1.54, 1.807) is 11.3 Å². The van der Waals surface area contributed by atoms with E-state index in [4.69, 9.17) is 0 Å². The first-order valence-corrected chi connectivity index (χ1v) is 7.11. The summed E-state index contributed by atoms with van der Waals surface area (Å²) in [5.74, 6) is 0. The third kappa shape index (κ3) is 3.23. The third-order valence-electron chi connectivity index (χ3n) is 2.87. The maximum atomic E-state index is 4.37. The first-order chi connectivity index (χ1) is 9.40. The second-order valence-electron chi connectivity index (χ2n) is 4.35. The van der Waals surface area contributed by atoms with Crippen LogP contribution in [0.3, 0.4) is 0 Å². The Kier molecular flexibility index (Phi) is 3.61. The quantitative estimate of drug-likeness (QED) is 0.767. The van der Waals surface area contributed by atoms with Crippen LogP contribution in [0.5, 0.6) is 0 Å². The fraction of sp³-hybridized carbons (Fsp3) is 0.133. The molecule has 2 heterocycles. The molecule has 96 valence electrons. The lowest BCUT2D eigenvalue weighted by atomic mass is 10.2. The van der Waals surface area contributed by atoms with Gasteiger partial charge in [0, 0.05) is 17.6 Å². The Balaban J connectivity index is 1.60. The fourth-order valence-electron chi connectivity index (χ4n) is 1.91. The van der Waals surface area contributed by atoms with E-state index in [-0.39, 0.29) is 0 Å². The summed E-state index contributed by atoms with van der Waals surface area (Å²) >= 11 is 1.76. The Morgan fingerprint density at radius 2 is 2.00 bits per heavy atom. The molecule has 0 saturated carbocycles. The van der Waals surface area contributed by atoms with Crippen molar-refractivity contribution in [2.24, 2.45) is 0 Å². The van der Waals surface area contributed by atoms with Crippen LogP contribution < -0.4 is 5.32 Å². The highest BCUT2D eigenvalue weighted by molar-refractivity contribution is 7.09. The SMILES string of the molecule is c1ccc(Cn2cc(NCc3cccs3)cn2)cc1. The standard InChI is InChI=1S/C15H15N3S/c1-2-5-13(6-3-1)11-18-12-14(9-17-18)16-10-15-7-4-8-19-15/h1-9,12,16H,10-11H2. The van der Waals surface area contributed by atoms with Crippen molar-refractivity contribution >= 4 is 17.0 Å². The van der Waals surface area contributed by atoms with Crippen LogP contribution in [0.2, 0.25) is 0 Å². The highest BCUT2D eigenvalue weighted by Crippen LogP contribution is 2.13. The number of benzene rings is 1. The molecule has 0 saturated heterocycles. The zero-order chi connectivity index (χ0) is 12.9. The van der Waals surface area contributed by atoms with E-state index in [1.165, 1.54) is 10.4 Å². The molecule has 1 N–H and O–H groups in total. The van der Waals surface area contributed by atoms with Gasteiger partial charge in [0.2, 0.25) is 0 Å². The molecule has 1 aromatic carbocycles. The average Bonchev–Trinajstić information content (AvgIpc) is 3.09. The van der Waals surface area contributed by atoms with Crippen molar-refractivity contribution in [1.82, 2.24) is 9.78 Å². The van der Waals surface area contributed by atoms with Crippen molar-refractivity contribution < 1.29 is 0 Å². The fourth-order valence-corrected chi connectivity index (χ4v) is 2.56. The molecule has 2 aromatic heterocycles. The maximum Gasteiger partial charge on any atom is 0.0729 e. The molecule has 4 heteroatoms. The lowest BCUT2D eigenvalue weighted by Crippen LogP contribution is -2.00. The first-order valence-electron chi connectivity index (χ1n) is 6.23. The predicted octanol–water partition coefficient (Wildman–Crippen LogP) is 3.61. The minimum absolute atomic E-state index is 0.807. The number of hydrogen-bond acceptors (Lipinski definition) is 3. The van der Waals surface area contributed by atoms with E-state index in [2.05, 4.69) is 52.2 Å². The van der Waals surface area contributed by atoms with E-state index < -0.39 is 0 Å². The van der Waals surface area contributed by atoms with Crippen LogP contribution in [0.4, 0.5) is 5.69 Å². The predicted molar refractivity (Wildman–Crippen MR) is 79.4 cm³/mol. The largest absolute Gasteiger partial charge is 0.378 e. The monoisotopic (exact) mass is 269 g/mol. The summed E-state index contributed by atoms with van der Waals surface area (Å²) < 4.78 is 1.95. The summed E-state index contributed by atoms with van der Waals surface area (Å²) in [6, 6.07) is 14.6. The molecule has 0 aliphatic rings. The summed E-state index contributed by atoms with van der Waals surface area (Å²) in [5.41, 5.74) is 2.32. The Bertz CT molecular complexity index is 614. The van der Waals surface area contributed by atoms with Crippen LogP contribution in [0.25, 0.3) is 0 Å². The van der Waals surface area contributed by atoms with E-state index in [9.17, 15) is 0 Å². The van der Waals surface area contributed by atoms with Gasteiger partial charge in [0.1, 0.15) is 0 Å². The van der Waals surface area contributed by atoms with Gasteiger partial charge in [-0.2, -0.15) is 5.10 Å². The molecule has 0 bridgehead atoms. The topological polar surface area (TPSA) is 29.9 Å². The molecule has 0 aliphatic carbocycles. The van der Waals surface area contributed by atoms with E-state index in [1.807, 2.05) is 23.1 Å². The van der Waals surface area contributed by atoms with E-state index in [0.717, 1.165) is 18.8 Å². The lowest BCUT2D eigenvalue weighted by molar-refractivity contribution is 0.687.